The molecule has 3 heterocycles. The van der Waals surface area contributed by atoms with Crippen LogP contribution in [0.4, 0.5) is 5.69 Å². The van der Waals surface area contributed by atoms with Gasteiger partial charge in [-0.2, -0.15) is 0 Å². The van der Waals surface area contributed by atoms with Gasteiger partial charge in [-0.05, 0) is 85.0 Å². The maximum Gasteiger partial charge on any atom is 0.174 e. The number of halogens is 1. The lowest BCUT2D eigenvalue weighted by atomic mass is 10.0. The Morgan fingerprint density at radius 1 is 0.938 bits per heavy atom. The first-order valence-corrected chi connectivity index (χ1v) is 11.4. The second-order valence-electron chi connectivity index (χ2n) is 7.47. The summed E-state index contributed by atoms with van der Waals surface area (Å²) in [6.45, 7) is 0. The molecule has 7 heteroatoms. The lowest BCUT2D eigenvalue weighted by Gasteiger charge is -2.29. The molecule has 2 aromatic carbocycles. The van der Waals surface area contributed by atoms with Crippen molar-refractivity contribution in [2.75, 3.05) is 12.0 Å². The van der Waals surface area contributed by atoms with E-state index in [2.05, 4.69) is 66.2 Å². The zero-order chi connectivity index (χ0) is 22.1. The molecule has 5 rings (SSSR count). The molecule has 1 aliphatic rings. The maximum atomic E-state index is 5.83. The number of ether oxygens (including phenoxy) is 1. The fraction of sp³-hybridized carbons (Fsp3) is 0.120. The highest BCUT2D eigenvalue weighted by molar-refractivity contribution is 9.10. The van der Waals surface area contributed by atoms with Crippen molar-refractivity contribution in [1.82, 2.24) is 14.9 Å². The van der Waals surface area contributed by atoms with Gasteiger partial charge in [0.05, 0.1) is 18.8 Å². The van der Waals surface area contributed by atoms with Crippen molar-refractivity contribution in [3.63, 3.8) is 0 Å². The number of rotatable bonds is 5. The lowest BCUT2D eigenvalue weighted by Crippen LogP contribution is -2.30. The molecule has 0 saturated carbocycles. The number of methoxy groups -OCH3 is 1. The SMILES string of the molecule is COc1ccc(N2C(=S)N[C@H](c3ccccn3)[C@@H]2c2cccn2-c2ccc(Br)cc2)cc1. The molecule has 2 aromatic heterocycles. The van der Waals surface area contributed by atoms with Gasteiger partial charge in [0.15, 0.2) is 5.11 Å². The first-order valence-electron chi connectivity index (χ1n) is 10.2. The van der Waals surface area contributed by atoms with E-state index in [1.54, 1.807) is 7.11 Å². The Balaban J connectivity index is 1.64. The van der Waals surface area contributed by atoms with E-state index in [1.807, 2.05) is 60.8 Å². The van der Waals surface area contributed by atoms with Crippen LogP contribution in [0, 0.1) is 0 Å². The van der Waals surface area contributed by atoms with Crippen molar-refractivity contribution in [2.24, 2.45) is 0 Å². The van der Waals surface area contributed by atoms with Crippen LogP contribution in [0.15, 0.2) is 95.7 Å². The van der Waals surface area contributed by atoms with Gasteiger partial charge in [-0.25, -0.2) is 0 Å². The average molecular weight is 505 g/mol. The summed E-state index contributed by atoms with van der Waals surface area (Å²) in [6.07, 6.45) is 3.91. The van der Waals surface area contributed by atoms with Gasteiger partial charge >= 0.3 is 0 Å². The van der Waals surface area contributed by atoms with E-state index >= 15 is 0 Å². The number of aromatic nitrogens is 2. The van der Waals surface area contributed by atoms with Gasteiger partial charge in [0, 0.05) is 33.9 Å². The Kier molecular flexibility index (Phi) is 5.68. The third-order valence-corrected chi connectivity index (χ3v) is 6.48. The number of benzene rings is 2. The summed E-state index contributed by atoms with van der Waals surface area (Å²) in [5.41, 5.74) is 4.14. The summed E-state index contributed by atoms with van der Waals surface area (Å²) < 4.78 is 8.60. The minimum atomic E-state index is -0.102. The summed E-state index contributed by atoms with van der Waals surface area (Å²) in [4.78, 5) is 6.81. The highest BCUT2D eigenvalue weighted by atomic mass is 79.9. The summed E-state index contributed by atoms with van der Waals surface area (Å²) >= 11 is 9.36. The molecule has 0 aliphatic carbocycles. The molecule has 2 atom stereocenters. The maximum absolute atomic E-state index is 5.83. The number of nitrogens with zero attached hydrogens (tertiary/aromatic N) is 3. The van der Waals surface area contributed by atoms with Crippen LogP contribution in [0.25, 0.3) is 5.69 Å². The average Bonchev–Trinajstić information content (AvgIpc) is 3.44. The third kappa shape index (κ3) is 3.78. The Labute approximate surface area is 200 Å². The van der Waals surface area contributed by atoms with Gasteiger partial charge in [0.2, 0.25) is 0 Å². The van der Waals surface area contributed by atoms with Crippen molar-refractivity contribution in [1.29, 1.82) is 0 Å². The van der Waals surface area contributed by atoms with Crippen molar-refractivity contribution in [3.05, 3.63) is 107 Å². The van der Waals surface area contributed by atoms with Crippen LogP contribution in [-0.4, -0.2) is 21.8 Å². The molecular weight excluding hydrogens is 484 g/mol. The van der Waals surface area contributed by atoms with E-state index in [0.717, 1.165) is 33.0 Å². The fourth-order valence-electron chi connectivity index (χ4n) is 4.15. The number of nitrogens with one attached hydrogen (secondary N) is 1. The molecule has 5 nitrogen and oxygen atoms in total. The van der Waals surface area contributed by atoms with Crippen molar-refractivity contribution < 1.29 is 4.74 Å². The van der Waals surface area contributed by atoms with E-state index in [9.17, 15) is 0 Å². The standard InChI is InChI=1S/C25H21BrN4OS/c1-31-20-13-11-19(12-14-20)30-24(23(28-25(30)32)21-5-2-3-15-27-21)22-6-4-16-29(22)18-9-7-17(26)8-10-18/h2-16,23-24H,1H3,(H,28,32)/t23-,24+/m1/s1. The van der Waals surface area contributed by atoms with E-state index in [1.165, 1.54) is 0 Å². The van der Waals surface area contributed by atoms with E-state index in [0.29, 0.717) is 5.11 Å². The zero-order valence-electron chi connectivity index (χ0n) is 17.4. The number of pyridine rings is 1. The van der Waals surface area contributed by atoms with E-state index in [-0.39, 0.29) is 12.1 Å². The molecule has 0 spiro atoms. The Morgan fingerprint density at radius 2 is 1.69 bits per heavy atom. The molecule has 0 bridgehead atoms. The first kappa shape index (κ1) is 20.7. The predicted molar refractivity (Wildman–Crippen MR) is 134 cm³/mol. The molecule has 1 fully saturated rings. The molecule has 4 aromatic rings. The Hall–Kier alpha value is -3.16. The predicted octanol–water partition coefficient (Wildman–Crippen LogP) is 5.82. The van der Waals surface area contributed by atoms with Gasteiger partial charge in [0.1, 0.15) is 11.8 Å². The van der Waals surface area contributed by atoms with Crippen LogP contribution in [0.3, 0.4) is 0 Å². The molecule has 1 saturated heterocycles. The summed E-state index contributed by atoms with van der Waals surface area (Å²) in [6, 6.07) is 26.3. The number of anilines is 1. The molecule has 0 radical (unpaired) electrons. The number of hydrogen-bond donors (Lipinski definition) is 1. The Morgan fingerprint density at radius 3 is 2.38 bits per heavy atom. The van der Waals surface area contributed by atoms with Gasteiger partial charge in [-0.1, -0.05) is 22.0 Å². The van der Waals surface area contributed by atoms with Crippen LogP contribution in [-0.2, 0) is 0 Å². The molecular formula is C25H21BrN4OS. The minimum absolute atomic E-state index is 0.0931. The molecule has 32 heavy (non-hydrogen) atoms. The number of thiocarbonyl (C=S) groups is 1. The monoisotopic (exact) mass is 504 g/mol. The molecule has 0 unspecified atom stereocenters. The van der Waals surface area contributed by atoms with Crippen molar-refractivity contribution >= 4 is 38.9 Å². The summed E-state index contributed by atoms with van der Waals surface area (Å²) in [5.74, 6) is 0.808. The first-order chi connectivity index (χ1) is 15.7. The molecule has 1 N–H and O–H groups in total. The fourth-order valence-corrected chi connectivity index (χ4v) is 4.76. The zero-order valence-corrected chi connectivity index (χ0v) is 19.8. The van der Waals surface area contributed by atoms with E-state index < -0.39 is 0 Å². The Bertz CT molecular complexity index is 1230. The molecule has 1 aliphatic heterocycles. The third-order valence-electron chi connectivity index (χ3n) is 5.64. The van der Waals surface area contributed by atoms with Crippen LogP contribution in [0.2, 0.25) is 0 Å². The minimum Gasteiger partial charge on any atom is -0.497 e. The molecule has 0 amide bonds. The summed E-state index contributed by atoms with van der Waals surface area (Å²) in [7, 11) is 1.67. The van der Waals surface area contributed by atoms with Gasteiger partial charge in [-0.3, -0.25) is 4.98 Å². The number of hydrogen-bond acceptors (Lipinski definition) is 3. The molecule has 160 valence electrons. The summed E-state index contributed by atoms with van der Waals surface area (Å²) in [5, 5.41) is 4.18. The topological polar surface area (TPSA) is 42.3 Å². The van der Waals surface area contributed by atoms with Gasteiger partial charge in [0.25, 0.3) is 0 Å². The smallest absolute Gasteiger partial charge is 0.174 e. The van der Waals surface area contributed by atoms with E-state index in [4.69, 9.17) is 17.0 Å². The van der Waals surface area contributed by atoms with Crippen LogP contribution < -0.4 is 15.0 Å². The highest BCUT2D eigenvalue weighted by Crippen LogP contribution is 2.42. The largest absolute Gasteiger partial charge is 0.497 e. The quantitative estimate of drug-likeness (QED) is 0.346. The normalized spacial score (nSPS) is 17.9. The van der Waals surface area contributed by atoms with Crippen molar-refractivity contribution in [3.8, 4) is 11.4 Å². The van der Waals surface area contributed by atoms with Gasteiger partial charge in [-0.15, -0.1) is 0 Å². The highest BCUT2D eigenvalue weighted by Gasteiger charge is 2.42. The van der Waals surface area contributed by atoms with Crippen molar-refractivity contribution in [2.45, 2.75) is 12.1 Å². The lowest BCUT2D eigenvalue weighted by molar-refractivity contribution is 0.415. The van der Waals surface area contributed by atoms with Crippen LogP contribution in [0.5, 0.6) is 5.75 Å². The second-order valence-corrected chi connectivity index (χ2v) is 8.78. The van der Waals surface area contributed by atoms with Crippen LogP contribution >= 0.6 is 28.1 Å². The van der Waals surface area contributed by atoms with Gasteiger partial charge < -0.3 is 19.5 Å². The van der Waals surface area contributed by atoms with Crippen LogP contribution in [0.1, 0.15) is 23.5 Å². The second kappa shape index (κ2) is 8.76.